The minimum atomic E-state index is 0.223. The molecule has 0 aliphatic carbocycles. The Hall–Kier alpha value is -3.16. The van der Waals surface area contributed by atoms with Gasteiger partial charge in [0, 0.05) is 37.7 Å². The number of benzene rings is 2. The molecule has 1 saturated heterocycles. The van der Waals surface area contributed by atoms with Gasteiger partial charge in [0.25, 0.3) is 0 Å². The van der Waals surface area contributed by atoms with Crippen molar-refractivity contribution in [1.29, 1.82) is 0 Å². The second-order valence-electron chi connectivity index (χ2n) is 7.62. The number of pyridine rings is 1. The van der Waals surface area contributed by atoms with E-state index >= 15 is 0 Å². The first-order chi connectivity index (χ1) is 14.7. The number of methoxy groups -OCH3 is 1. The average molecular weight is 403 g/mol. The molecule has 1 unspecified atom stereocenters. The summed E-state index contributed by atoms with van der Waals surface area (Å²) in [6.45, 7) is 2.90. The molecule has 5 rings (SSSR count). The Kier molecular flexibility index (Phi) is 4.98. The van der Waals surface area contributed by atoms with Crippen LogP contribution in [0.2, 0.25) is 0 Å². The fraction of sp³-hybridized carbons (Fsp3) is 0.304. The second-order valence-corrected chi connectivity index (χ2v) is 7.62. The lowest BCUT2D eigenvalue weighted by atomic mass is 10.1. The normalized spacial score (nSPS) is 16.6. The summed E-state index contributed by atoms with van der Waals surface area (Å²) in [4.78, 5) is 11.9. The molecule has 2 N–H and O–H groups in total. The Morgan fingerprint density at radius 2 is 2.07 bits per heavy atom. The van der Waals surface area contributed by atoms with E-state index < -0.39 is 0 Å². The number of para-hydroxylation sites is 1. The van der Waals surface area contributed by atoms with E-state index in [0.29, 0.717) is 13.2 Å². The first-order valence-electron chi connectivity index (χ1n) is 10.2. The third-order valence-electron chi connectivity index (χ3n) is 5.57. The van der Waals surface area contributed by atoms with Gasteiger partial charge in [0.2, 0.25) is 0 Å². The molecule has 7 heteroatoms. The third-order valence-corrected chi connectivity index (χ3v) is 5.57. The molecular weight excluding hydrogens is 378 g/mol. The van der Waals surface area contributed by atoms with Gasteiger partial charge in [0.1, 0.15) is 24.5 Å². The zero-order valence-corrected chi connectivity index (χ0v) is 17.0. The van der Waals surface area contributed by atoms with Gasteiger partial charge in [-0.2, -0.15) is 0 Å². The van der Waals surface area contributed by atoms with Crippen molar-refractivity contribution in [2.45, 2.75) is 12.5 Å². The molecule has 2 aromatic heterocycles. The van der Waals surface area contributed by atoms with Gasteiger partial charge in [-0.15, -0.1) is 0 Å². The number of aromatic nitrogens is 3. The first kappa shape index (κ1) is 18.8. The Balaban J connectivity index is 1.52. The van der Waals surface area contributed by atoms with Crippen LogP contribution in [0.15, 0.2) is 54.9 Å². The number of hydrogen-bond donors (Lipinski definition) is 1. The summed E-state index contributed by atoms with van der Waals surface area (Å²) in [7, 11) is 1.66. The van der Waals surface area contributed by atoms with Crippen LogP contribution in [0.5, 0.6) is 5.75 Å². The largest absolute Gasteiger partial charge is 0.491 e. The molecule has 154 valence electrons. The number of rotatable bonds is 6. The quantitative estimate of drug-likeness (QED) is 0.499. The van der Waals surface area contributed by atoms with Gasteiger partial charge in [-0.05, 0) is 36.8 Å². The van der Waals surface area contributed by atoms with Crippen LogP contribution < -0.4 is 15.4 Å². The maximum absolute atomic E-state index is 6.13. The highest BCUT2D eigenvalue weighted by Crippen LogP contribution is 2.30. The van der Waals surface area contributed by atoms with E-state index in [2.05, 4.69) is 34.1 Å². The lowest BCUT2D eigenvalue weighted by molar-refractivity contribution is 0.146. The zero-order chi connectivity index (χ0) is 20.5. The zero-order valence-electron chi connectivity index (χ0n) is 17.0. The van der Waals surface area contributed by atoms with Gasteiger partial charge in [-0.25, -0.2) is 9.97 Å². The van der Waals surface area contributed by atoms with E-state index in [1.807, 2.05) is 35.2 Å². The molecule has 7 nitrogen and oxygen atoms in total. The van der Waals surface area contributed by atoms with E-state index in [4.69, 9.17) is 20.2 Å². The van der Waals surface area contributed by atoms with Gasteiger partial charge in [0.15, 0.2) is 0 Å². The summed E-state index contributed by atoms with van der Waals surface area (Å²) in [5.74, 6) is 1.62. The SMILES string of the molecule is COCCOc1ccc2c(c1)ncn2-c1ccc2cccc(N3CCC(N)C3)c2n1. The van der Waals surface area contributed by atoms with Gasteiger partial charge < -0.3 is 20.1 Å². The van der Waals surface area contributed by atoms with Crippen LogP contribution in [0.25, 0.3) is 27.8 Å². The van der Waals surface area contributed by atoms with E-state index in [1.54, 1.807) is 7.11 Å². The molecule has 0 amide bonds. The maximum atomic E-state index is 6.13. The third kappa shape index (κ3) is 3.46. The molecule has 1 atom stereocenters. The molecule has 1 fully saturated rings. The van der Waals surface area contributed by atoms with Crippen LogP contribution in [0.3, 0.4) is 0 Å². The summed E-state index contributed by atoms with van der Waals surface area (Å²) >= 11 is 0. The molecule has 1 aliphatic rings. The number of ether oxygens (including phenoxy) is 2. The predicted octanol–water partition coefficient (Wildman–Crippen LogP) is 3.14. The van der Waals surface area contributed by atoms with Gasteiger partial charge in [-0.1, -0.05) is 12.1 Å². The van der Waals surface area contributed by atoms with Crippen molar-refractivity contribution in [3.05, 3.63) is 54.9 Å². The average Bonchev–Trinajstić information content (AvgIpc) is 3.39. The van der Waals surface area contributed by atoms with E-state index in [-0.39, 0.29) is 6.04 Å². The summed E-state index contributed by atoms with van der Waals surface area (Å²) < 4.78 is 12.8. The molecule has 0 saturated carbocycles. The van der Waals surface area contributed by atoms with Crippen molar-refractivity contribution < 1.29 is 9.47 Å². The van der Waals surface area contributed by atoms with Crippen molar-refractivity contribution in [2.75, 3.05) is 38.3 Å². The fourth-order valence-corrected chi connectivity index (χ4v) is 4.02. The molecule has 0 radical (unpaired) electrons. The van der Waals surface area contributed by atoms with Gasteiger partial charge >= 0.3 is 0 Å². The Morgan fingerprint density at radius 1 is 1.13 bits per heavy atom. The fourth-order valence-electron chi connectivity index (χ4n) is 4.02. The first-order valence-corrected chi connectivity index (χ1v) is 10.2. The van der Waals surface area contributed by atoms with Crippen molar-refractivity contribution in [3.63, 3.8) is 0 Å². The standard InChI is InChI=1S/C23H25N5O2/c1-29-11-12-30-18-6-7-20-19(13-18)25-15-28(20)22-8-5-16-3-2-4-21(23(16)26-22)27-10-9-17(24)14-27/h2-8,13,15,17H,9-12,14,24H2,1H3. The van der Waals surface area contributed by atoms with Crippen molar-refractivity contribution in [3.8, 4) is 11.6 Å². The second kappa shape index (κ2) is 7.93. The molecule has 0 bridgehead atoms. The highest BCUT2D eigenvalue weighted by Gasteiger charge is 2.21. The lowest BCUT2D eigenvalue weighted by Gasteiger charge is -2.20. The number of hydrogen-bond acceptors (Lipinski definition) is 6. The molecule has 3 heterocycles. The summed E-state index contributed by atoms with van der Waals surface area (Å²) in [6.07, 6.45) is 2.82. The summed E-state index contributed by atoms with van der Waals surface area (Å²) in [5.41, 5.74) is 10.1. The van der Waals surface area contributed by atoms with Crippen molar-refractivity contribution >= 4 is 27.6 Å². The molecular formula is C23H25N5O2. The Morgan fingerprint density at radius 3 is 2.90 bits per heavy atom. The molecule has 30 heavy (non-hydrogen) atoms. The number of fused-ring (bicyclic) bond motifs is 2. The molecule has 4 aromatic rings. The molecule has 2 aromatic carbocycles. The Labute approximate surface area is 175 Å². The Bertz CT molecular complexity index is 1190. The van der Waals surface area contributed by atoms with E-state index in [1.165, 1.54) is 0 Å². The number of nitrogens with zero attached hydrogens (tertiary/aromatic N) is 4. The molecule has 0 spiro atoms. The number of nitrogens with two attached hydrogens (primary N) is 1. The monoisotopic (exact) mass is 403 g/mol. The van der Waals surface area contributed by atoms with Crippen LogP contribution in [0, 0.1) is 0 Å². The van der Waals surface area contributed by atoms with Crippen molar-refractivity contribution in [2.24, 2.45) is 5.73 Å². The van der Waals surface area contributed by atoms with Crippen LogP contribution in [-0.4, -0.2) is 54.0 Å². The van der Waals surface area contributed by atoms with Crippen LogP contribution in [-0.2, 0) is 4.74 Å². The molecule has 1 aliphatic heterocycles. The van der Waals surface area contributed by atoms with Gasteiger partial charge in [-0.3, -0.25) is 4.57 Å². The van der Waals surface area contributed by atoms with E-state index in [0.717, 1.165) is 58.7 Å². The topological polar surface area (TPSA) is 78.4 Å². The van der Waals surface area contributed by atoms with Crippen LogP contribution in [0.4, 0.5) is 5.69 Å². The van der Waals surface area contributed by atoms with Crippen molar-refractivity contribution in [1.82, 2.24) is 14.5 Å². The van der Waals surface area contributed by atoms with Crippen LogP contribution >= 0.6 is 0 Å². The minimum Gasteiger partial charge on any atom is -0.491 e. The highest BCUT2D eigenvalue weighted by atomic mass is 16.5. The smallest absolute Gasteiger partial charge is 0.139 e. The van der Waals surface area contributed by atoms with Crippen LogP contribution in [0.1, 0.15) is 6.42 Å². The lowest BCUT2D eigenvalue weighted by Crippen LogP contribution is -2.26. The summed E-state index contributed by atoms with van der Waals surface area (Å²) in [6, 6.07) is 16.6. The number of imidazole rings is 1. The number of anilines is 1. The van der Waals surface area contributed by atoms with E-state index in [9.17, 15) is 0 Å². The minimum absolute atomic E-state index is 0.223. The highest BCUT2D eigenvalue weighted by molar-refractivity contribution is 5.92. The maximum Gasteiger partial charge on any atom is 0.139 e. The summed E-state index contributed by atoms with van der Waals surface area (Å²) in [5, 5.41) is 1.12. The van der Waals surface area contributed by atoms with Gasteiger partial charge in [0.05, 0.1) is 28.8 Å². The predicted molar refractivity (Wildman–Crippen MR) is 119 cm³/mol.